The third kappa shape index (κ3) is 3.80. The number of carbonyl (C=O) groups excluding carboxylic acids is 1. The molecule has 1 aliphatic heterocycles. The summed E-state index contributed by atoms with van der Waals surface area (Å²) in [6, 6.07) is 22.1. The summed E-state index contributed by atoms with van der Waals surface area (Å²) < 4.78 is 10.7. The van der Waals surface area contributed by atoms with Crippen molar-refractivity contribution < 1.29 is 14.3 Å². The fourth-order valence-corrected chi connectivity index (χ4v) is 3.34. The van der Waals surface area contributed by atoms with Crippen LogP contribution in [0.4, 0.5) is 5.69 Å². The smallest absolute Gasteiger partial charge is 0.282 e. The Morgan fingerprint density at radius 2 is 1.67 bits per heavy atom. The van der Waals surface area contributed by atoms with Gasteiger partial charge in [-0.05, 0) is 54.6 Å². The Morgan fingerprint density at radius 1 is 0.933 bits per heavy atom. The molecule has 0 aliphatic carbocycles. The molecule has 0 aromatic heterocycles. The highest BCUT2D eigenvalue weighted by Crippen LogP contribution is 2.31. The molecule has 3 aromatic carbocycles. The van der Waals surface area contributed by atoms with Gasteiger partial charge < -0.3 is 9.47 Å². The first-order valence-corrected chi connectivity index (χ1v) is 9.66. The second-order valence-corrected chi connectivity index (χ2v) is 6.99. The third-order valence-electron chi connectivity index (χ3n) is 4.71. The molecule has 0 saturated heterocycles. The summed E-state index contributed by atoms with van der Waals surface area (Å²) in [6.45, 7) is 0. The topological polar surface area (TPSA) is 51.1 Å². The first-order valence-electron chi connectivity index (χ1n) is 9.28. The van der Waals surface area contributed by atoms with Crippen molar-refractivity contribution in [3.05, 3.63) is 94.6 Å². The quantitative estimate of drug-likeness (QED) is 0.535. The zero-order valence-corrected chi connectivity index (χ0v) is 17.3. The van der Waals surface area contributed by atoms with Gasteiger partial charge in [0, 0.05) is 22.2 Å². The first kappa shape index (κ1) is 19.7. The van der Waals surface area contributed by atoms with Crippen LogP contribution in [0.3, 0.4) is 0 Å². The number of anilines is 1. The lowest BCUT2D eigenvalue weighted by atomic mass is 10.1. The van der Waals surface area contributed by atoms with Gasteiger partial charge in [-0.1, -0.05) is 29.8 Å². The molecule has 5 nitrogen and oxygen atoms in total. The monoisotopic (exact) mass is 418 g/mol. The minimum absolute atomic E-state index is 0.218. The Bertz CT molecular complexity index is 1140. The molecule has 6 heteroatoms. The predicted octanol–water partition coefficient (Wildman–Crippen LogP) is 5.19. The van der Waals surface area contributed by atoms with E-state index in [0.29, 0.717) is 28.1 Å². The van der Waals surface area contributed by atoms with Crippen LogP contribution in [0.2, 0.25) is 5.02 Å². The van der Waals surface area contributed by atoms with Crippen molar-refractivity contribution in [2.75, 3.05) is 19.1 Å². The summed E-state index contributed by atoms with van der Waals surface area (Å²) in [6.07, 6.45) is 1.72. The molecule has 1 amide bonds. The van der Waals surface area contributed by atoms with Crippen LogP contribution in [-0.4, -0.2) is 26.0 Å². The Morgan fingerprint density at radius 3 is 2.33 bits per heavy atom. The van der Waals surface area contributed by atoms with E-state index in [1.165, 1.54) is 0 Å². The zero-order chi connectivity index (χ0) is 21.1. The number of nitrogens with zero attached hydrogens (tertiary/aromatic N) is 2. The van der Waals surface area contributed by atoms with E-state index >= 15 is 0 Å². The number of rotatable bonds is 5. The largest absolute Gasteiger partial charge is 0.497 e. The molecule has 0 radical (unpaired) electrons. The number of aliphatic imine (C=N–C) groups is 1. The van der Waals surface area contributed by atoms with Crippen molar-refractivity contribution in [2.24, 2.45) is 4.99 Å². The predicted molar refractivity (Wildman–Crippen MR) is 119 cm³/mol. The van der Waals surface area contributed by atoms with Gasteiger partial charge in [0.1, 0.15) is 23.0 Å². The lowest BCUT2D eigenvalue weighted by molar-refractivity contribution is -0.113. The zero-order valence-electron chi connectivity index (χ0n) is 16.5. The maximum absolute atomic E-state index is 13.3. The van der Waals surface area contributed by atoms with Gasteiger partial charge in [0.2, 0.25) is 0 Å². The van der Waals surface area contributed by atoms with Gasteiger partial charge in [-0.3, -0.25) is 9.69 Å². The van der Waals surface area contributed by atoms with E-state index in [-0.39, 0.29) is 5.91 Å². The van der Waals surface area contributed by atoms with Crippen LogP contribution in [0, 0.1) is 0 Å². The number of hydrogen-bond donors (Lipinski definition) is 0. The van der Waals surface area contributed by atoms with Crippen LogP contribution in [0.1, 0.15) is 11.1 Å². The highest BCUT2D eigenvalue weighted by atomic mass is 35.5. The molecule has 3 aromatic rings. The van der Waals surface area contributed by atoms with Crippen LogP contribution < -0.4 is 14.4 Å². The van der Waals surface area contributed by atoms with Gasteiger partial charge in [0.25, 0.3) is 5.91 Å². The molecule has 0 bridgehead atoms. The van der Waals surface area contributed by atoms with Crippen LogP contribution in [0.25, 0.3) is 6.08 Å². The highest BCUT2D eigenvalue weighted by Gasteiger charge is 2.32. The van der Waals surface area contributed by atoms with Gasteiger partial charge in [-0.15, -0.1) is 0 Å². The number of halogens is 1. The summed E-state index contributed by atoms with van der Waals surface area (Å²) in [5.41, 5.74) is 2.58. The molecule has 0 fully saturated rings. The van der Waals surface area contributed by atoms with Gasteiger partial charge in [-0.25, -0.2) is 4.99 Å². The maximum Gasteiger partial charge on any atom is 0.282 e. The Labute approximate surface area is 179 Å². The van der Waals surface area contributed by atoms with Crippen molar-refractivity contribution >= 4 is 35.1 Å². The van der Waals surface area contributed by atoms with Gasteiger partial charge in [-0.2, -0.15) is 0 Å². The summed E-state index contributed by atoms with van der Waals surface area (Å²) in [5.74, 6) is 1.59. The third-order valence-corrected chi connectivity index (χ3v) is 4.96. The molecule has 4 rings (SSSR count). The summed E-state index contributed by atoms with van der Waals surface area (Å²) in [4.78, 5) is 19.6. The van der Waals surface area contributed by atoms with Crippen LogP contribution in [0.15, 0.2) is 83.5 Å². The molecule has 0 unspecified atom stereocenters. The molecule has 0 saturated carbocycles. The van der Waals surface area contributed by atoms with Crippen LogP contribution in [0.5, 0.6) is 11.5 Å². The molecule has 0 atom stereocenters. The number of carbonyl (C=O) groups is 1. The normalized spacial score (nSPS) is 14.8. The van der Waals surface area contributed by atoms with Crippen molar-refractivity contribution in [3.8, 4) is 11.5 Å². The molecular formula is C24H19ClN2O3. The van der Waals surface area contributed by atoms with Crippen molar-refractivity contribution in [3.63, 3.8) is 0 Å². The number of amidine groups is 1. The molecular weight excluding hydrogens is 400 g/mol. The van der Waals surface area contributed by atoms with E-state index in [1.807, 2.05) is 54.6 Å². The standard InChI is InChI=1S/C24H19ClN2O3/c1-29-20-13-10-17(22(15-20)30-2)14-21-24(28)27(19-6-4-3-5-7-19)23(26-21)16-8-11-18(25)12-9-16/h3-15H,1-2H3/b21-14+. The molecule has 30 heavy (non-hydrogen) atoms. The fraction of sp³-hybridized carbons (Fsp3) is 0.0833. The average molecular weight is 419 g/mol. The number of para-hydroxylation sites is 1. The first-order chi connectivity index (χ1) is 14.6. The summed E-state index contributed by atoms with van der Waals surface area (Å²) in [5, 5.41) is 0.619. The Balaban J connectivity index is 1.82. The minimum atomic E-state index is -0.218. The second kappa shape index (κ2) is 8.43. The van der Waals surface area contributed by atoms with Crippen LogP contribution >= 0.6 is 11.6 Å². The van der Waals surface area contributed by atoms with Crippen molar-refractivity contribution in [1.29, 1.82) is 0 Å². The van der Waals surface area contributed by atoms with Gasteiger partial charge in [0.05, 0.1) is 19.9 Å². The van der Waals surface area contributed by atoms with E-state index < -0.39 is 0 Å². The van der Waals surface area contributed by atoms with E-state index in [9.17, 15) is 4.79 Å². The second-order valence-electron chi connectivity index (χ2n) is 6.56. The minimum Gasteiger partial charge on any atom is -0.497 e. The van der Waals surface area contributed by atoms with Crippen LogP contribution in [-0.2, 0) is 4.79 Å². The van der Waals surface area contributed by atoms with E-state index in [0.717, 1.165) is 16.8 Å². The lowest BCUT2D eigenvalue weighted by Crippen LogP contribution is -2.32. The molecule has 0 N–H and O–H groups in total. The molecule has 0 spiro atoms. The number of hydrogen-bond acceptors (Lipinski definition) is 4. The summed E-state index contributed by atoms with van der Waals surface area (Å²) in [7, 11) is 3.17. The summed E-state index contributed by atoms with van der Waals surface area (Å²) >= 11 is 6.04. The van der Waals surface area contributed by atoms with E-state index in [1.54, 1.807) is 43.4 Å². The average Bonchev–Trinajstić information content (AvgIpc) is 3.11. The number of benzene rings is 3. The number of methoxy groups -OCH3 is 2. The SMILES string of the molecule is COc1ccc(/C=C2/N=C(c3ccc(Cl)cc3)N(c3ccccc3)C2=O)c(OC)c1. The maximum atomic E-state index is 13.3. The van der Waals surface area contributed by atoms with Crippen molar-refractivity contribution in [1.82, 2.24) is 0 Å². The van der Waals surface area contributed by atoms with E-state index in [4.69, 9.17) is 21.1 Å². The Kier molecular flexibility index (Phi) is 5.55. The Hall–Kier alpha value is -3.57. The fourth-order valence-electron chi connectivity index (χ4n) is 3.21. The lowest BCUT2D eigenvalue weighted by Gasteiger charge is -2.18. The number of amides is 1. The molecule has 1 aliphatic rings. The molecule has 1 heterocycles. The number of ether oxygens (including phenoxy) is 2. The highest BCUT2D eigenvalue weighted by molar-refractivity contribution is 6.34. The van der Waals surface area contributed by atoms with E-state index in [2.05, 4.69) is 4.99 Å². The molecule has 150 valence electrons. The van der Waals surface area contributed by atoms with Gasteiger partial charge >= 0.3 is 0 Å². The van der Waals surface area contributed by atoms with Crippen molar-refractivity contribution in [2.45, 2.75) is 0 Å². The van der Waals surface area contributed by atoms with Gasteiger partial charge in [0.15, 0.2) is 0 Å².